The number of ether oxygens (including phenoxy) is 2. The van der Waals surface area contributed by atoms with Crippen LogP contribution >= 0.6 is 0 Å². The summed E-state index contributed by atoms with van der Waals surface area (Å²) in [5.41, 5.74) is 0.704. The average Bonchev–Trinajstić information content (AvgIpc) is 2.91. The summed E-state index contributed by atoms with van der Waals surface area (Å²) in [6.07, 6.45) is 3.55. The van der Waals surface area contributed by atoms with Gasteiger partial charge in [-0.25, -0.2) is 4.79 Å². The maximum atomic E-state index is 12.4. The smallest absolute Gasteiger partial charge is 0.415 e. The van der Waals surface area contributed by atoms with Crippen molar-refractivity contribution in [1.29, 1.82) is 0 Å². The number of methoxy groups -OCH3 is 1. The van der Waals surface area contributed by atoms with Gasteiger partial charge in [0.1, 0.15) is 6.10 Å². The van der Waals surface area contributed by atoms with E-state index in [9.17, 15) is 9.59 Å². The Hall–Kier alpha value is -2.04. The van der Waals surface area contributed by atoms with Crippen molar-refractivity contribution in [3.63, 3.8) is 0 Å². The molecule has 1 amide bonds. The molecule has 0 aromatic heterocycles. The average molecular weight is 317 g/mol. The lowest BCUT2D eigenvalue weighted by atomic mass is 9.67. The summed E-state index contributed by atoms with van der Waals surface area (Å²) in [6, 6.07) is 9.60. The van der Waals surface area contributed by atoms with Gasteiger partial charge in [-0.2, -0.15) is 0 Å². The number of anilines is 1. The Morgan fingerprint density at radius 3 is 2.83 bits per heavy atom. The summed E-state index contributed by atoms with van der Waals surface area (Å²) < 4.78 is 10.4. The quantitative estimate of drug-likeness (QED) is 0.797. The van der Waals surface area contributed by atoms with Gasteiger partial charge < -0.3 is 9.47 Å². The summed E-state index contributed by atoms with van der Waals surface area (Å²) in [5, 5.41) is 0. The summed E-state index contributed by atoms with van der Waals surface area (Å²) in [7, 11) is 1.41. The van der Waals surface area contributed by atoms with Gasteiger partial charge in [0.25, 0.3) is 0 Å². The van der Waals surface area contributed by atoms with Crippen LogP contribution in [0.3, 0.4) is 0 Å². The third-order valence-electron chi connectivity index (χ3n) is 5.19. The summed E-state index contributed by atoms with van der Waals surface area (Å²) in [5.74, 6) is -0.204. The van der Waals surface area contributed by atoms with E-state index in [-0.39, 0.29) is 29.6 Å². The number of amides is 1. The number of hydrogen-bond acceptors (Lipinski definition) is 4. The number of carbonyl (C=O) groups is 2. The van der Waals surface area contributed by atoms with Gasteiger partial charge in [-0.15, -0.1) is 0 Å². The lowest BCUT2D eigenvalue weighted by Crippen LogP contribution is -2.51. The van der Waals surface area contributed by atoms with Crippen LogP contribution in [0, 0.1) is 5.41 Å². The molecule has 1 saturated carbocycles. The highest BCUT2D eigenvalue weighted by atomic mass is 16.6. The first-order valence-corrected chi connectivity index (χ1v) is 8.17. The lowest BCUT2D eigenvalue weighted by molar-refractivity contribution is -0.141. The van der Waals surface area contributed by atoms with E-state index in [1.165, 1.54) is 7.11 Å². The number of hydrogen-bond donors (Lipinski definition) is 0. The molecule has 1 heterocycles. The Morgan fingerprint density at radius 2 is 2.13 bits per heavy atom. The molecule has 124 valence electrons. The SMILES string of the molecule is COC(=O)CCC1(C)CCCC2OC(=O)N(c3ccccc3)C21. The molecule has 0 bridgehead atoms. The zero-order chi connectivity index (χ0) is 16.4. The molecule has 1 aromatic rings. The molecule has 5 nitrogen and oxygen atoms in total. The maximum Gasteiger partial charge on any atom is 0.415 e. The van der Waals surface area contributed by atoms with E-state index in [1.807, 2.05) is 30.3 Å². The van der Waals surface area contributed by atoms with Gasteiger partial charge in [-0.1, -0.05) is 25.1 Å². The lowest BCUT2D eigenvalue weighted by Gasteiger charge is -2.44. The minimum atomic E-state index is -0.280. The van der Waals surface area contributed by atoms with Crippen LogP contribution in [0.1, 0.15) is 39.0 Å². The van der Waals surface area contributed by atoms with Crippen molar-refractivity contribution in [2.75, 3.05) is 12.0 Å². The van der Waals surface area contributed by atoms with E-state index in [2.05, 4.69) is 6.92 Å². The van der Waals surface area contributed by atoms with Crippen molar-refractivity contribution in [1.82, 2.24) is 0 Å². The van der Waals surface area contributed by atoms with Crippen LogP contribution in [0.25, 0.3) is 0 Å². The summed E-state index contributed by atoms with van der Waals surface area (Å²) in [4.78, 5) is 25.8. The molecule has 5 heteroatoms. The molecule has 1 saturated heterocycles. The van der Waals surface area contributed by atoms with Gasteiger partial charge in [-0.05, 0) is 43.2 Å². The number of esters is 1. The highest BCUT2D eigenvalue weighted by Gasteiger charge is 2.53. The van der Waals surface area contributed by atoms with Crippen LogP contribution in [0.5, 0.6) is 0 Å². The molecule has 2 fully saturated rings. The van der Waals surface area contributed by atoms with Crippen LogP contribution in [-0.2, 0) is 14.3 Å². The third-order valence-corrected chi connectivity index (χ3v) is 5.19. The zero-order valence-corrected chi connectivity index (χ0v) is 13.7. The van der Waals surface area contributed by atoms with Crippen LogP contribution in [0.15, 0.2) is 30.3 Å². The van der Waals surface area contributed by atoms with E-state index in [4.69, 9.17) is 9.47 Å². The van der Waals surface area contributed by atoms with Crippen LogP contribution in [0.4, 0.5) is 10.5 Å². The van der Waals surface area contributed by atoms with Crippen molar-refractivity contribution >= 4 is 17.7 Å². The van der Waals surface area contributed by atoms with E-state index >= 15 is 0 Å². The van der Waals surface area contributed by atoms with Crippen molar-refractivity contribution in [2.45, 2.75) is 51.2 Å². The van der Waals surface area contributed by atoms with E-state index in [0.717, 1.165) is 24.9 Å². The van der Waals surface area contributed by atoms with Gasteiger partial charge in [0.15, 0.2) is 0 Å². The van der Waals surface area contributed by atoms with Gasteiger partial charge in [-0.3, -0.25) is 9.69 Å². The second kappa shape index (κ2) is 6.22. The Kier molecular flexibility index (Phi) is 4.28. The zero-order valence-electron chi connectivity index (χ0n) is 13.7. The molecule has 23 heavy (non-hydrogen) atoms. The van der Waals surface area contributed by atoms with Gasteiger partial charge in [0, 0.05) is 12.1 Å². The predicted molar refractivity (Wildman–Crippen MR) is 86.2 cm³/mol. The first-order chi connectivity index (χ1) is 11.0. The topological polar surface area (TPSA) is 55.8 Å². The Bertz CT molecular complexity index is 588. The molecular formula is C18H23NO4. The number of carbonyl (C=O) groups excluding carboxylic acids is 2. The van der Waals surface area contributed by atoms with Crippen LogP contribution in [-0.4, -0.2) is 31.3 Å². The van der Waals surface area contributed by atoms with Gasteiger partial charge >= 0.3 is 12.1 Å². The highest BCUT2D eigenvalue weighted by Crippen LogP contribution is 2.48. The molecule has 1 aliphatic carbocycles. The molecule has 0 N–H and O–H groups in total. The number of para-hydroxylation sites is 1. The minimum Gasteiger partial charge on any atom is -0.469 e. The maximum absolute atomic E-state index is 12.4. The Balaban J connectivity index is 1.89. The fourth-order valence-electron chi connectivity index (χ4n) is 3.98. The van der Waals surface area contributed by atoms with E-state index in [1.54, 1.807) is 4.90 Å². The van der Waals surface area contributed by atoms with Gasteiger partial charge in [0.2, 0.25) is 0 Å². The van der Waals surface area contributed by atoms with Crippen LogP contribution in [0.2, 0.25) is 0 Å². The molecule has 0 spiro atoms. The molecule has 0 radical (unpaired) electrons. The molecule has 3 atom stereocenters. The largest absolute Gasteiger partial charge is 0.469 e. The summed E-state index contributed by atoms with van der Waals surface area (Å²) >= 11 is 0. The van der Waals surface area contributed by atoms with Crippen molar-refractivity contribution in [2.24, 2.45) is 5.41 Å². The summed E-state index contributed by atoms with van der Waals surface area (Å²) in [6.45, 7) is 2.16. The Morgan fingerprint density at radius 1 is 1.39 bits per heavy atom. The fraction of sp³-hybridized carbons (Fsp3) is 0.556. The second-order valence-electron chi connectivity index (χ2n) is 6.69. The predicted octanol–water partition coefficient (Wildman–Crippen LogP) is 3.52. The molecular weight excluding hydrogens is 294 g/mol. The first-order valence-electron chi connectivity index (χ1n) is 8.17. The van der Waals surface area contributed by atoms with Gasteiger partial charge in [0.05, 0.1) is 13.2 Å². The fourth-order valence-corrected chi connectivity index (χ4v) is 3.98. The molecule has 1 aromatic carbocycles. The number of nitrogens with zero attached hydrogens (tertiary/aromatic N) is 1. The van der Waals surface area contributed by atoms with E-state index < -0.39 is 0 Å². The van der Waals surface area contributed by atoms with Crippen LogP contribution < -0.4 is 4.90 Å². The molecule has 3 rings (SSSR count). The van der Waals surface area contributed by atoms with Crippen molar-refractivity contribution in [3.05, 3.63) is 30.3 Å². The first kappa shape index (κ1) is 15.8. The normalized spacial score (nSPS) is 29.8. The number of fused-ring (bicyclic) bond motifs is 1. The van der Waals surface area contributed by atoms with E-state index in [0.29, 0.717) is 12.8 Å². The highest BCUT2D eigenvalue weighted by molar-refractivity contribution is 5.91. The molecule has 1 aliphatic heterocycles. The Labute approximate surface area is 136 Å². The van der Waals surface area contributed by atoms with Crippen molar-refractivity contribution in [3.8, 4) is 0 Å². The minimum absolute atomic E-state index is 0.0317. The standard InChI is InChI=1S/C18H23NO4/c1-18(12-10-15(20)22-2)11-6-9-14-16(18)19(17(21)23-14)13-7-4-3-5-8-13/h3-5,7-8,14,16H,6,9-12H2,1-2H3. The monoisotopic (exact) mass is 317 g/mol. The molecule has 3 unspecified atom stereocenters. The second-order valence-corrected chi connectivity index (χ2v) is 6.69. The van der Waals surface area contributed by atoms with Crippen molar-refractivity contribution < 1.29 is 19.1 Å². The third kappa shape index (κ3) is 2.92. The molecule has 2 aliphatic rings. The number of benzene rings is 1. The number of rotatable bonds is 4.